The lowest BCUT2D eigenvalue weighted by molar-refractivity contribution is -0.226. The number of halogens is 7. The summed E-state index contributed by atoms with van der Waals surface area (Å²) in [6.45, 7) is 3.52. The Morgan fingerprint density at radius 2 is 1.37 bits per heavy atom. The fourth-order valence-electron chi connectivity index (χ4n) is 6.51. The largest absolute Gasteiger partial charge is 0.432 e. The Hall–Kier alpha value is -2.33. The van der Waals surface area contributed by atoms with E-state index in [1.54, 1.807) is 12.1 Å². The van der Waals surface area contributed by atoms with Crippen LogP contribution in [0.4, 0.5) is 30.7 Å². The van der Waals surface area contributed by atoms with Gasteiger partial charge in [0, 0.05) is 17.9 Å². The number of hydrogen-bond donors (Lipinski definition) is 0. The van der Waals surface area contributed by atoms with Gasteiger partial charge in [-0.15, -0.1) is 0 Å². The number of benzene rings is 2. The second-order valence-electron chi connectivity index (χ2n) is 11.9. The average Bonchev–Trinajstić information content (AvgIpc) is 2.93. The maximum absolute atomic E-state index is 15.2. The van der Waals surface area contributed by atoms with E-state index in [1.807, 2.05) is 6.07 Å². The molecule has 0 unspecified atom stereocenters. The third-order valence-corrected chi connectivity index (χ3v) is 8.88. The molecule has 5 rings (SSSR count). The molecule has 0 radical (unpaired) electrons. The van der Waals surface area contributed by atoms with E-state index in [1.165, 1.54) is 0 Å². The van der Waals surface area contributed by atoms with Crippen molar-refractivity contribution in [2.24, 2.45) is 17.8 Å². The molecule has 41 heavy (non-hydrogen) atoms. The van der Waals surface area contributed by atoms with Gasteiger partial charge in [-0.1, -0.05) is 19.1 Å². The van der Waals surface area contributed by atoms with E-state index in [9.17, 15) is 26.3 Å². The first-order valence-corrected chi connectivity index (χ1v) is 14.4. The van der Waals surface area contributed by atoms with Gasteiger partial charge in [0.15, 0.2) is 6.29 Å². The summed E-state index contributed by atoms with van der Waals surface area (Å²) in [7, 11) is 0. The summed E-state index contributed by atoms with van der Waals surface area (Å²) in [6, 6.07) is 6.70. The summed E-state index contributed by atoms with van der Waals surface area (Å²) in [5.41, 5.74) is -0.0954. The van der Waals surface area contributed by atoms with Crippen LogP contribution >= 0.6 is 0 Å². The van der Waals surface area contributed by atoms with Crippen LogP contribution in [0, 0.1) is 29.4 Å². The zero-order chi connectivity index (χ0) is 29.4. The number of alkyl halides is 5. The number of ether oxygens (including phenoxy) is 3. The average molecular weight is 589 g/mol. The van der Waals surface area contributed by atoms with Crippen molar-refractivity contribution in [3.05, 3.63) is 64.7 Å². The van der Waals surface area contributed by atoms with Crippen molar-refractivity contribution in [1.29, 1.82) is 0 Å². The molecule has 2 aliphatic carbocycles. The van der Waals surface area contributed by atoms with Crippen molar-refractivity contribution in [2.45, 2.75) is 88.7 Å². The van der Waals surface area contributed by atoms with Crippen LogP contribution in [0.5, 0.6) is 5.75 Å². The third kappa shape index (κ3) is 7.01. The van der Waals surface area contributed by atoms with Crippen molar-refractivity contribution in [3.8, 4) is 5.75 Å². The minimum atomic E-state index is -4.94. The minimum absolute atomic E-state index is 0.0378. The Labute approximate surface area is 235 Å². The third-order valence-electron chi connectivity index (χ3n) is 8.88. The summed E-state index contributed by atoms with van der Waals surface area (Å²) in [4.78, 5) is 0. The van der Waals surface area contributed by atoms with Gasteiger partial charge < -0.3 is 14.2 Å². The van der Waals surface area contributed by atoms with Gasteiger partial charge in [0.05, 0.1) is 24.7 Å². The van der Waals surface area contributed by atoms with Crippen LogP contribution in [0.1, 0.15) is 86.8 Å². The van der Waals surface area contributed by atoms with Crippen LogP contribution in [0.3, 0.4) is 0 Å². The quantitative estimate of drug-likeness (QED) is 0.315. The number of rotatable bonds is 6. The van der Waals surface area contributed by atoms with Crippen molar-refractivity contribution in [3.63, 3.8) is 0 Å². The SMILES string of the molecule is CC1COC(C2CCC(c3ccc(C4CCC(C(F)(F)Oc5ccc(C(F)(F)F)c(F)c5)CC4)c(F)c3)CC2)OC1. The van der Waals surface area contributed by atoms with Gasteiger partial charge >= 0.3 is 12.3 Å². The lowest BCUT2D eigenvalue weighted by atomic mass is 9.76. The first-order chi connectivity index (χ1) is 19.4. The predicted molar refractivity (Wildman–Crippen MR) is 138 cm³/mol. The normalized spacial score (nSPS) is 29.8. The van der Waals surface area contributed by atoms with E-state index in [-0.39, 0.29) is 36.8 Å². The highest BCUT2D eigenvalue weighted by atomic mass is 19.4. The highest BCUT2D eigenvalue weighted by Crippen LogP contribution is 2.45. The van der Waals surface area contributed by atoms with Gasteiger partial charge in [0.25, 0.3) is 0 Å². The highest BCUT2D eigenvalue weighted by Gasteiger charge is 2.45. The lowest BCUT2D eigenvalue weighted by Gasteiger charge is -2.37. The fraction of sp³-hybridized carbons (Fsp3) is 0.613. The molecule has 0 bridgehead atoms. The first kappa shape index (κ1) is 30.1. The Balaban J connectivity index is 1.14. The lowest BCUT2D eigenvalue weighted by Crippen LogP contribution is -2.37. The van der Waals surface area contributed by atoms with Crippen LogP contribution in [-0.4, -0.2) is 25.6 Å². The highest BCUT2D eigenvalue weighted by molar-refractivity contribution is 5.32. The predicted octanol–water partition coefficient (Wildman–Crippen LogP) is 9.21. The van der Waals surface area contributed by atoms with Crippen molar-refractivity contribution in [1.82, 2.24) is 0 Å². The molecule has 1 heterocycles. The molecule has 3 fully saturated rings. The van der Waals surface area contributed by atoms with Crippen LogP contribution < -0.4 is 4.74 Å². The van der Waals surface area contributed by atoms with Crippen LogP contribution in [0.25, 0.3) is 0 Å². The van der Waals surface area contributed by atoms with Crippen LogP contribution in [-0.2, 0) is 15.7 Å². The second-order valence-corrected chi connectivity index (χ2v) is 11.9. The van der Waals surface area contributed by atoms with Gasteiger partial charge in [-0.25, -0.2) is 8.78 Å². The smallest absolute Gasteiger partial charge is 0.419 e. The summed E-state index contributed by atoms with van der Waals surface area (Å²) >= 11 is 0. The number of hydrogen-bond acceptors (Lipinski definition) is 3. The molecular formula is C31H35F7O3. The van der Waals surface area contributed by atoms with E-state index in [0.717, 1.165) is 31.2 Å². The Bertz CT molecular complexity index is 1180. The molecule has 0 spiro atoms. The molecule has 2 saturated carbocycles. The zero-order valence-corrected chi connectivity index (χ0v) is 22.9. The molecule has 2 aromatic rings. The van der Waals surface area contributed by atoms with Crippen LogP contribution in [0.2, 0.25) is 0 Å². The van der Waals surface area contributed by atoms with Crippen LogP contribution in [0.15, 0.2) is 36.4 Å². The van der Waals surface area contributed by atoms with Crippen molar-refractivity contribution in [2.75, 3.05) is 13.2 Å². The van der Waals surface area contributed by atoms with E-state index in [2.05, 4.69) is 11.7 Å². The zero-order valence-electron chi connectivity index (χ0n) is 22.9. The molecule has 10 heteroatoms. The topological polar surface area (TPSA) is 27.7 Å². The first-order valence-electron chi connectivity index (χ1n) is 14.4. The molecular weight excluding hydrogens is 553 g/mol. The Kier molecular flexibility index (Phi) is 8.90. The molecule has 1 aliphatic heterocycles. The molecule has 226 valence electrons. The van der Waals surface area contributed by atoms with Crippen molar-refractivity contribution < 1.29 is 44.9 Å². The molecule has 3 nitrogen and oxygen atoms in total. The van der Waals surface area contributed by atoms with Gasteiger partial charge in [-0.3, -0.25) is 0 Å². The minimum Gasteiger partial charge on any atom is -0.432 e. The molecule has 0 N–H and O–H groups in total. The molecule has 0 atom stereocenters. The van der Waals surface area contributed by atoms with E-state index in [0.29, 0.717) is 61.7 Å². The molecule has 3 aliphatic rings. The van der Waals surface area contributed by atoms with Gasteiger partial charge in [0.2, 0.25) is 0 Å². The van der Waals surface area contributed by atoms with E-state index >= 15 is 4.39 Å². The monoisotopic (exact) mass is 588 g/mol. The molecule has 0 amide bonds. The van der Waals surface area contributed by atoms with Gasteiger partial charge in [-0.05, 0) is 92.5 Å². The Morgan fingerprint density at radius 1 is 0.732 bits per heavy atom. The van der Waals surface area contributed by atoms with Gasteiger partial charge in [0.1, 0.15) is 17.4 Å². The van der Waals surface area contributed by atoms with E-state index in [4.69, 9.17) is 9.47 Å². The summed E-state index contributed by atoms with van der Waals surface area (Å²) in [5, 5.41) is 0. The molecule has 1 saturated heterocycles. The summed E-state index contributed by atoms with van der Waals surface area (Å²) < 4.78 is 113. The summed E-state index contributed by atoms with van der Waals surface area (Å²) in [6.07, 6.45) is -4.35. The van der Waals surface area contributed by atoms with E-state index < -0.39 is 35.3 Å². The summed E-state index contributed by atoms with van der Waals surface area (Å²) in [5.74, 6) is -3.13. The maximum Gasteiger partial charge on any atom is 0.419 e. The molecule has 0 aromatic heterocycles. The maximum atomic E-state index is 15.2. The standard InChI is InChI=1S/C31H35F7O3/c1-18-16-39-29(40-17-18)21-4-2-19(3-5-21)22-8-12-25(27(32)14-22)20-6-9-23(10-7-20)31(37,38)41-24-11-13-26(28(33)15-24)30(34,35)36/h8,11-15,18-21,23,29H,2-7,9-10,16-17H2,1H3. The molecule has 2 aromatic carbocycles. The van der Waals surface area contributed by atoms with Crippen molar-refractivity contribution >= 4 is 0 Å². The second kappa shape index (κ2) is 12.1. The van der Waals surface area contributed by atoms with Gasteiger partial charge in [-0.2, -0.15) is 22.0 Å². The fourth-order valence-corrected chi connectivity index (χ4v) is 6.51. The Morgan fingerprint density at radius 3 is 1.95 bits per heavy atom.